The normalized spacial score (nSPS) is 11.9. The van der Waals surface area contributed by atoms with E-state index in [-0.39, 0.29) is 30.5 Å². The first-order valence-corrected chi connectivity index (χ1v) is 9.13. The highest BCUT2D eigenvalue weighted by Crippen LogP contribution is 2.19. The quantitative estimate of drug-likeness (QED) is 0.281. The number of rotatable bonds is 9. The van der Waals surface area contributed by atoms with E-state index in [0.29, 0.717) is 5.96 Å². The third-order valence-electron chi connectivity index (χ3n) is 4.11. The molecule has 2 aromatic carbocycles. The third-order valence-corrected chi connectivity index (χ3v) is 4.11. The van der Waals surface area contributed by atoms with Crippen molar-refractivity contribution >= 4 is 29.9 Å². The molecule has 0 aliphatic carbocycles. The molecule has 28 heavy (non-hydrogen) atoms. The zero-order valence-electron chi connectivity index (χ0n) is 16.6. The van der Waals surface area contributed by atoms with Crippen LogP contribution in [0.25, 0.3) is 0 Å². The summed E-state index contributed by atoms with van der Waals surface area (Å²) in [5.41, 5.74) is 2.00. The Kier molecular flexibility index (Phi) is 11.4. The Labute approximate surface area is 184 Å². The SMILES string of the molecule is CCNC(=NCC(O)c1cccc(OC)c1)NCCc1ccc(OC)cc1.I. The van der Waals surface area contributed by atoms with E-state index < -0.39 is 6.10 Å². The van der Waals surface area contributed by atoms with Crippen molar-refractivity contribution in [2.24, 2.45) is 4.99 Å². The topological polar surface area (TPSA) is 75.1 Å². The Bertz CT molecular complexity index is 723. The summed E-state index contributed by atoms with van der Waals surface area (Å²) >= 11 is 0. The summed E-state index contributed by atoms with van der Waals surface area (Å²) in [4.78, 5) is 4.49. The molecule has 0 aliphatic rings. The lowest BCUT2D eigenvalue weighted by Crippen LogP contribution is -2.38. The number of nitrogens with zero attached hydrogens (tertiary/aromatic N) is 1. The standard InChI is InChI=1S/C21H29N3O3.HI/c1-4-22-21(23-13-12-16-8-10-18(26-2)11-9-16)24-15-20(25)17-6-5-7-19(14-17)27-3;/h5-11,14,20,25H,4,12-13,15H2,1-3H3,(H2,22,23,24);1H. The Morgan fingerprint density at radius 1 is 1.04 bits per heavy atom. The van der Waals surface area contributed by atoms with Crippen molar-refractivity contribution in [2.75, 3.05) is 33.9 Å². The average molecular weight is 499 g/mol. The van der Waals surface area contributed by atoms with Gasteiger partial charge in [0, 0.05) is 13.1 Å². The van der Waals surface area contributed by atoms with E-state index in [2.05, 4.69) is 27.8 Å². The van der Waals surface area contributed by atoms with Gasteiger partial charge in [-0.1, -0.05) is 24.3 Å². The predicted octanol–water partition coefficient (Wildman–Crippen LogP) is 3.15. The molecule has 0 saturated carbocycles. The number of guanidine groups is 1. The summed E-state index contributed by atoms with van der Waals surface area (Å²) in [6.07, 6.45) is 0.185. The predicted molar refractivity (Wildman–Crippen MR) is 124 cm³/mol. The molecule has 1 unspecified atom stereocenters. The zero-order chi connectivity index (χ0) is 19.5. The maximum absolute atomic E-state index is 10.4. The van der Waals surface area contributed by atoms with Gasteiger partial charge in [-0.2, -0.15) is 0 Å². The molecule has 7 heteroatoms. The van der Waals surface area contributed by atoms with Crippen molar-refractivity contribution < 1.29 is 14.6 Å². The lowest BCUT2D eigenvalue weighted by molar-refractivity contribution is 0.186. The van der Waals surface area contributed by atoms with Gasteiger partial charge in [-0.15, -0.1) is 24.0 Å². The second kappa shape index (κ2) is 13.2. The number of aliphatic imine (C=N–C) groups is 1. The summed E-state index contributed by atoms with van der Waals surface area (Å²) in [6, 6.07) is 15.4. The van der Waals surface area contributed by atoms with Crippen LogP contribution in [0.1, 0.15) is 24.2 Å². The molecular weight excluding hydrogens is 469 g/mol. The zero-order valence-corrected chi connectivity index (χ0v) is 19.0. The molecule has 1 atom stereocenters. The fraction of sp³-hybridized carbons (Fsp3) is 0.381. The molecular formula is C21H30IN3O3. The Morgan fingerprint density at radius 2 is 1.75 bits per heavy atom. The number of hydrogen-bond acceptors (Lipinski definition) is 4. The van der Waals surface area contributed by atoms with Crippen molar-refractivity contribution in [2.45, 2.75) is 19.4 Å². The second-order valence-electron chi connectivity index (χ2n) is 6.04. The first-order valence-electron chi connectivity index (χ1n) is 9.13. The van der Waals surface area contributed by atoms with Crippen molar-refractivity contribution in [3.05, 3.63) is 59.7 Å². The molecule has 3 N–H and O–H groups in total. The van der Waals surface area contributed by atoms with Crippen LogP contribution >= 0.6 is 24.0 Å². The average Bonchev–Trinajstić information content (AvgIpc) is 2.72. The monoisotopic (exact) mass is 499 g/mol. The Hall–Kier alpha value is -2.00. The van der Waals surface area contributed by atoms with Crippen molar-refractivity contribution in [1.29, 1.82) is 0 Å². The van der Waals surface area contributed by atoms with Crippen molar-refractivity contribution in [3.8, 4) is 11.5 Å². The van der Waals surface area contributed by atoms with Crippen LogP contribution in [0, 0.1) is 0 Å². The number of nitrogens with one attached hydrogen (secondary N) is 2. The van der Waals surface area contributed by atoms with Gasteiger partial charge >= 0.3 is 0 Å². The minimum atomic E-state index is -0.683. The van der Waals surface area contributed by atoms with Crippen LogP contribution < -0.4 is 20.1 Å². The Balaban J connectivity index is 0.00000392. The van der Waals surface area contributed by atoms with E-state index in [1.165, 1.54) is 5.56 Å². The van der Waals surface area contributed by atoms with Crippen molar-refractivity contribution in [3.63, 3.8) is 0 Å². The van der Waals surface area contributed by atoms with Crippen LogP contribution in [0.2, 0.25) is 0 Å². The molecule has 0 spiro atoms. The van der Waals surface area contributed by atoms with Gasteiger partial charge in [0.25, 0.3) is 0 Å². The molecule has 0 radical (unpaired) electrons. The number of halogens is 1. The number of ether oxygens (including phenoxy) is 2. The minimum Gasteiger partial charge on any atom is -0.497 e. The van der Waals surface area contributed by atoms with Gasteiger partial charge in [0.05, 0.1) is 26.9 Å². The molecule has 6 nitrogen and oxygen atoms in total. The lowest BCUT2D eigenvalue weighted by Gasteiger charge is -2.14. The van der Waals surface area contributed by atoms with Crippen LogP contribution in [0.4, 0.5) is 0 Å². The lowest BCUT2D eigenvalue weighted by atomic mass is 10.1. The molecule has 0 aliphatic heterocycles. The van der Waals surface area contributed by atoms with E-state index in [1.807, 2.05) is 43.3 Å². The van der Waals surface area contributed by atoms with Gasteiger partial charge in [-0.3, -0.25) is 4.99 Å². The number of aliphatic hydroxyl groups excluding tert-OH is 1. The van der Waals surface area contributed by atoms with E-state index in [1.54, 1.807) is 14.2 Å². The number of benzene rings is 2. The summed E-state index contributed by atoms with van der Waals surface area (Å²) < 4.78 is 10.4. The van der Waals surface area contributed by atoms with Crippen LogP contribution in [0.15, 0.2) is 53.5 Å². The molecule has 0 heterocycles. The molecule has 0 amide bonds. The maximum atomic E-state index is 10.4. The van der Waals surface area contributed by atoms with Gasteiger partial charge in [0.2, 0.25) is 0 Å². The smallest absolute Gasteiger partial charge is 0.191 e. The van der Waals surface area contributed by atoms with E-state index in [0.717, 1.165) is 36.6 Å². The van der Waals surface area contributed by atoms with Gasteiger partial charge in [-0.05, 0) is 48.7 Å². The third kappa shape index (κ3) is 7.93. The fourth-order valence-corrected chi connectivity index (χ4v) is 2.59. The molecule has 2 aromatic rings. The number of methoxy groups -OCH3 is 2. The van der Waals surface area contributed by atoms with Crippen molar-refractivity contribution in [1.82, 2.24) is 10.6 Å². The summed E-state index contributed by atoms with van der Waals surface area (Å²) in [5, 5.41) is 16.9. The molecule has 154 valence electrons. The Morgan fingerprint density at radius 3 is 2.39 bits per heavy atom. The largest absolute Gasteiger partial charge is 0.497 e. The molecule has 0 aromatic heterocycles. The van der Waals surface area contributed by atoms with Gasteiger partial charge in [-0.25, -0.2) is 0 Å². The summed E-state index contributed by atoms with van der Waals surface area (Å²) in [6.45, 7) is 3.78. The minimum absolute atomic E-state index is 0. The molecule has 0 bridgehead atoms. The number of aliphatic hydroxyl groups is 1. The van der Waals surface area contributed by atoms with Crippen LogP contribution in [0.5, 0.6) is 11.5 Å². The highest BCUT2D eigenvalue weighted by Gasteiger charge is 2.08. The first-order chi connectivity index (χ1) is 13.2. The van der Waals surface area contributed by atoms with Gasteiger partial charge in [0.1, 0.15) is 11.5 Å². The molecule has 0 saturated heterocycles. The van der Waals surface area contributed by atoms with Crippen LogP contribution in [-0.2, 0) is 6.42 Å². The van der Waals surface area contributed by atoms with Gasteiger partial charge in [0.15, 0.2) is 5.96 Å². The molecule has 2 rings (SSSR count). The highest BCUT2D eigenvalue weighted by molar-refractivity contribution is 14.0. The van der Waals surface area contributed by atoms with Gasteiger partial charge < -0.3 is 25.2 Å². The number of hydrogen-bond donors (Lipinski definition) is 3. The highest BCUT2D eigenvalue weighted by atomic mass is 127. The second-order valence-corrected chi connectivity index (χ2v) is 6.04. The van der Waals surface area contributed by atoms with Crippen LogP contribution in [-0.4, -0.2) is 44.9 Å². The maximum Gasteiger partial charge on any atom is 0.191 e. The fourth-order valence-electron chi connectivity index (χ4n) is 2.59. The van der Waals surface area contributed by atoms with E-state index in [4.69, 9.17) is 9.47 Å². The van der Waals surface area contributed by atoms with E-state index >= 15 is 0 Å². The van der Waals surface area contributed by atoms with Crippen LogP contribution in [0.3, 0.4) is 0 Å². The summed E-state index contributed by atoms with van der Waals surface area (Å²) in [7, 11) is 3.27. The van der Waals surface area contributed by atoms with E-state index in [9.17, 15) is 5.11 Å². The first kappa shape index (κ1) is 24.0. The summed E-state index contributed by atoms with van der Waals surface area (Å²) in [5.74, 6) is 2.26. The molecule has 0 fully saturated rings.